The van der Waals surface area contributed by atoms with Crippen LogP contribution in [-0.4, -0.2) is 42.6 Å². The summed E-state index contributed by atoms with van der Waals surface area (Å²) in [5.41, 5.74) is 5.74. The van der Waals surface area contributed by atoms with Gasteiger partial charge in [-0.1, -0.05) is 6.08 Å². The number of rotatable bonds is 5. The highest BCUT2D eigenvalue weighted by molar-refractivity contribution is 5.85. The monoisotopic (exact) mass is 248 g/mol. The average Bonchev–Trinajstić information content (AvgIpc) is 2.64. The van der Waals surface area contributed by atoms with E-state index in [0.29, 0.717) is 13.2 Å². The first kappa shape index (κ1) is 15.4. The molecule has 1 fully saturated rings. The largest absolute Gasteiger partial charge is 0.368 e. The zero-order valence-electron chi connectivity index (χ0n) is 9.72. The van der Waals surface area contributed by atoms with Crippen LogP contribution in [-0.2, 0) is 9.53 Å². The Bertz CT molecular complexity index is 236. The Hall–Kier alpha value is -0.580. The van der Waals surface area contributed by atoms with Crippen LogP contribution >= 0.6 is 12.4 Å². The highest BCUT2D eigenvalue weighted by atomic mass is 35.5. The summed E-state index contributed by atoms with van der Waals surface area (Å²) in [5, 5.41) is 0. The highest BCUT2D eigenvalue weighted by Crippen LogP contribution is 2.10. The van der Waals surface area contributed by atoms with E-state index in [1.807, 2.05) is 0 Å². The number of hydrogen-bond acceptors (Lipinski definition) is 3. The molecule has 0 aromatic carbocycles. The second kappa shape index (κ2) is 7.65. The lowest BCUT2D eigenvalue weighted by Crippen LogP contribution is -2.39. The summed E-state index contributed by atoms with van der Waals surface area (Å²) in [6, 6.07) is 0.134. The smallest absolute Gasteiger partial charge is 0.251 e. The van der Waals surface area contributed by atoms with E-state index in [0.717, 1.165) is 19.4 Å². The molecule has 2 atom stereocenters. The number of halogens is 1. The molecule has 1 unspecified atom stereocenters. The van der Waals surface area contributed by atoms with Crippen molar-refractivity contribution in [1.29, 1.82) is 0 Å². The molecule has 0 saturated carbocycles. The van der Waals surface area contributed by atoms with E-state index in [9.17, 15) is 4.79 Å². The van der Waals surface area contributed by atoms with Crippen molar-refractivity contribution in [2.75, 3.05) is 19.7 Å². The molecule has 4 nitrogen and oxygen atoms in total. The second-order valence-corrected chi connectivity index (χ2v) is 3.92. The number of carbonyl (C=O) groups excluding carboxylic acids is 1. The van der Waals surface area contributed by atoms with Gasteiger partial charge in [-0.25, -0.2) is 0 Å². The maximum absolute atomic E-state index is 11.8. The van der Waals surface area contributed by atoms with Crippen molar-refractivity contribution in [2.45, 2.75) is 31.9 Å². The fourth-order valence-corrected chi connectivity index (χ4v) is 1.64. The van der Waals surface area contributed by atoms with Crippen molar-refractivity contribution in [3.8, 4) is 0 Å². The third-order valence-electron chi connectivity index (χ3n) is 2.57. The third-order valence-corrected chi connectivity index (χ3v) is 2.57. The first-order valence-corrected chi connectivity index (χ1v) is 5.42. The van der Waals surface area contributed by atoms with Crippen molar-refractivity contribution >= 4 is 18.3 Å². The van der Waals surface area contributed by atoms with Gasteiger partial charge < -0.3 is 15.4 Å². The molecule has 0 bridgehead atoms. The maximum atomic E-state index is 11.8. The van der Waals surface area contributed by atoms with Crippen LogP contribution in [0.1, 0.15) is 19.8 Å². The van der Waals surface area contributed by atoms with Gasteiger partial charge >= 0.3 is 0 Å². The maximum Gasteiger partial charge on any atom is 0.251 e. The van der Waals surface area contributed by atoms with E-state index in [1.54, 1.807) is 17.9 Å². The number of carbonyl (C=O) groups is 1. The fourth-order valence-electron chi connectivity index (χ4n) is 1.64. The lowest BCUT2D eigenvalue weighted by atomic mass is 10.3. The van der Waals surface area contributed by atoms with Gasteiger partial charge in [-0.15, -0.1) is 19.0 Å². The molecule has 1 heterocycles. The number of ether oxygens (including phenoxy) is 1. The zero-order valence-corrected chi connectivity index (χ0v) is 10.5. The van der Waals surface area contributed by atoms with Crippen LogP contribution in [0, 0.1) is 0 Å². The quantitative estimate of drug-likeness (QED) is 0.582. The van der Waals surface area contributed by atoms with E-state index in [1.165, 1.54) is 0 Å². The predicted molar refractivity (Wildman–Crippen MR) is 66.6 cm³/mol. The van der Waals surface area contributed by atoms with Gasteiger partial charge in [-0.3, -0.25) is 4.79 Å². The van der Waals surface area contributed by atoms with Crippen LogP contribution in [0.25, 0.3) is 0 Å². The minimum atomic E-state index is -0.366. The summed E-state index contributed by atoms with van der Waals surface area (Å²) in [4.78, 5) is 13.6. The lowest BCUT2D eigenvalue weighted by Gasteiger charge is -2.20. The van der Waals surface area contributed by atoms with Crippen LogP contribution in [0.4, 0.5) is 0 Å². The number of nitrogens with zero attached hydrogens (tertiary/aromatic N) is 1. The van der Waals surface area contributed by atoms with Crippen LogP contribution in [0.2, 0.25) is 0 Å². The third kappa shape index (κ3) is 4.51. The van der Waals surface area contributed by atoms with Crippen molar-refractivity contribution in [2.24, 2.45) is 5.73 Å². The highest BCUT2D eigenvalue weighted by Gasteiger charge is 2.27. The minimum absolute atomic E-state index is 0. The van der Waals surface area contributed by atoms with Crippen LogP contribution < -0.4 is 5.73 Å². The van der Waals surface area contributed by atoms with Gasteiger partial charge in [0.15, 0.2) is 0 Å². The Morgan fingerprint density at radius 2 is 2.44 bits per heavy atom. The van der Waals surface area contributed by atoms with Crippen molar-refractivity contribution in [3.63, 3.8) is 0 Å². The van der Waals surface area contributed by atoms with Crippen molar-refractivity contribution < 1.29 is 9.53 Å². The van der Waals surface area contributed by atoms with Crippen LogP contribution in [0.15, 0.2) is 12.7 Å². The Morgan fingerprint density at radius 3 is 2.94 bits per heavy atom. The Kier molecular flexibility index (Phi) is 7.38. The summed E-state index contributed by atoms with van der Waals surface area (Å²) in [6.07, 6.45) is 3.08. The van der Waals surface area contributed by atoms with E-state index >= 15 is 0 Å². The van der Waals surface area contributed by atoms with Gasteiger partial charge in [0.25, 0.3) is 5.91 Å². The SMILES string of the molecule is C=CCCOC(C)C(=O)N1CC[C@H](N)C1.Cl. The molecular weight excluding hydrogens is 228 g/mol. The van der Waals surface area contributed by atoms with E-state index in [4.69, 9.17) is 10.5 Å². The lowest BCUT2D eigenvalue weighted by molar-refractivity contribution is -0.141. The number of hydrogen-bond donors (Lipinski definition) is 1. The van der Waals surface area contributed by atoms with Gasteiger partial charge in [-0.05, 0) is 19.8 Å². The van der Waals surface area contributed by atoms with Gasteiger partial charge in [0.2, 0.25) is 0 Å². The molecule has 5 heteroatoms. The van der Waals surface area contributed by atoms with Gasteiger partial charge in [-0.2, -0.15) is 0 Å². The summed E-state index contributed by atoms with van der Waals surface area (Å²) >= 11 is 0. The van der Waals surface area contributed by atoms with Gasteiger partial charge in [0.05, 0.1) is 6.61 Å². The molecule has 0 spiro atoms. The molecule has 2 N–H and O–H groups in total. The molecular formula is C11H21ClN2O2. The van der Waals surface area contributed by atoms with Crippen LogP contribution in [0.5, 0.6) is 0 Å². The fraction of sp³-hybridized carbons (Fsp3) is 0.727. The topological polar surface area (TPSA) is 55.6 Å². The normalized spacial score (nSPS) is 21.4. The molecule has 1 aliphatic heterocycles. The molecule has 94 valence electrons. The van der Waals surface area contributed by atoms with E-state index in [2.05, 4.69) is 6.58 Å². The molecule has 0 aliphatic carbocycles. The summed E-state index contributed by atoms with van der Waals surface area (Å²) in [7, 11) is 0. The molecule has 1 saturated heterocycles. The molecule has 1 rings (SSSR count). The molecule has 0 aromatic heterocycles. The molecule has 1 amide bonds. The number of amides is 1. The Labute approximate surface area is 103 Å². The number of likely N-dealkylation sites (tertiary alicyclic amines) is 1. The van der Waals surface area contributed by atoms with Crippen LogP contribution in [0.3, 0.4) is 0 Å². The zero-order chi connectivity index (χ0) is 11.3. The van der Waals surface area contributed by atoms with Gasteiger partial charge in [0, 0.05) is 19.1 Å². The average molecular weight is 249 g/mol. The summed E-state index contributed by atoms with van der Waals surface area (Å²) < 4.78 is 5.39. The van der Waals surface area contributed by atoms with E-state index in [-0.39, 0.29) is 30.5 Å². The predicted octanol–water partition coefficient (Wildman–Crippen LogP) is 0.949. The molecule has 1 aliphatic rings. The number of nitrogens with two attached hydrogens (primary N) is 1. The molecule has 16 heavy (non-hydrogen) atoms. The van der Waals surface area contributed by atoms with Crippen molar-refractivity contribution in [3.05, 3.63) is 12.7 Å². The van der Waals surface area contributed by atoms with E-state index < -0.39 is 0 Å². The molecule has 0 aromatic rings. The standard InChI is InChI=1S/C11H20N2O2.ClH/c1-3-4-7-15-9(2)11(14)13-6-5-10(12)8-13;/h3,9-10H,1,4-8,12H2,2H3;1H/t9?,10-;/m0./s1. The van der Waals surface area contributed by atoms with Crippen molar-refractivity contribution in [1.82, 2.24) is 4.90 Å². The summed E-state index contributed by atoms with van der Waals surface area (Å²) in [5.74, 6) is 0.0482. The second-order valence-electron chi connectivity index (χ2n) is 3.92. The van der Waals surface area contributed by atoms with Gasteiger partial charge in [0.1, 0.15) is 6.10 Å². The Morgan fingerprint density at radius 1 is 1.75 bits per heavy atom. The first-order chi connectivity index (χ1) is 7.15. The minimum Gasteiger partial charge on any atom is -0.368 e. The molecule has 0 radical (unpaired) electrons. The Balaban J connectivity index is 0.00000225. The first-order valence-electron chi connectivity index (χ1n) is 5.42. The summed E-state index contributed by atoms with van der Waals surface area (Å²) in [6.45, 7) is 7.36.